The first-order valence-electron chi connectivity index (χ1n) is 7.54. The zero-order valence-electron chi connectivity index (χ0n) is 12.7. The molecule has 0 bridgehead atoms. The topological polar surface area (TPSA) is 55.2 Å². The summed E-state index contributed by atoms with van der Waals surface area (Å²) in [6, 6.07) is 11.6. The van der Waals surface area contributed by atoms with Gasteiger partial charge in [-0.1, -0.05) is 18.2 Å². The van der Waals surface area contributed by atoms with E-state index in [0.29, 0.717) is 17.3 Å². The van der Waals surface area contributed by atoms with E-state index in [1.807, 2.05) is 31.2 Å². The molecule has 1 aromatic carbocycles. The third kappa shape index (κ3) is 2.39. The van der Waals surface area contributed by atoms with Crippen LogP contribution in [0.25, 0.3) is 11.0 Å². The van der Waals surface area contributed by atoms with Gasteiger partial charge in [-0.25, -0.2) is 13.4 Å². The van der Waals surface area contributed by atoms with E-state index < -0.39 is 10.0 Å². The van der Waals surface area contributed by atoms with Crippen molar-refractivity contribution in [2.24, 2.45) is 0 Å². The Morgan fingerprint density at radius 3 is 2.83 bits per heavy atom. The molecule has 7 heteroatoms. The van der Waals surface area contributed by atoms with E-state index in [9.17, 15) is 8.42 Å². The van der Waals surface area contributed by atoms with Gasteiger partial charge in [0.25, 0.3) is 10.0 Å². The van der Waals surface area contributed by atoms with Crippen LogP contribution in [0.4, 0.5) is 0 Å². The van der Waals surface area contributed by atoms with Gasteiger partial charge in [0.05, 0.1) is 17.1 Å². The average molecular weight is 347 g/mol. The summed E-state index contributed by atoms with van der Waals surface area (Å²) in [5.74, 6) is 0.937. The molecular formula is C16H17N3O2S2. The number of rotatable bonds is 3. The van der Waals surface area contributed by atoms with Crippen molar-refractivity contribution in [2.75, 3.05) is 13.1 Å². The van der Waals surface area contributed by atoms with Gasteiger partial charge < -0.3 is 4.57 Å². The first kappa shape index (κ1) is 14.9. The number of thiophene rings is 1. The Hall–Kier alpha value is -1.70. The molecule has 0 amide bonds. The zero-order valence-corrected chi connectivity index (χ0v) is 14.3. The van der Waals surface area contributed by atoms with Crippen LogP contribution in [0.5, 0.6) is 0 Å². The lowest BCUT2D eigenvalue weighted by molar-refractivity contribution is 0.453. The summed E-state index contributed by atoms with van der Waals surface area (Å²) in [6.45, 7) is 3.04. The standard InChI is InChI=1S/C16H17N3O2S2/c1-12-17-14-5-2-3-6-15(14)19(12)13-8-9-18(11-13)23(20,21)16-7-4-10-22-16/h2-7,10,13H,8-9,11H2,1H3/t13-/m0/s1. The first-order valence-corrected chi connectivity index (χ1v) is 9.86. The molecule has 1 aliphatic rings. The first-order chi connectivity index (χ1) is 11.1. The molecule has 5 nitrogen and oxygen atoms in total. The molecule has 1 fully saturated rings. The van der Waals surface area contributed by atoms with Gasteiger partial charge in [-0.3, -0.25) is 0 Å². The van der Waals surface area contributed by atoms with Gasteiger partial charge in [-0.15, -0.1) is 11.3 Å². The fourth-order valence-electron chi connectivity index (χ4n) is 3.30. The summed E-state index contributed by atoms with van der Waals surface area (Å²) in [6.07, 6.45) is 0.811. The van der Waals surface area contributed by atoms with Crippen molar-refractivity contribution in [1.29, 1.82) is 0 Å². The molecule has 0 aliphatic carbocycles. The summed E-state index contributed by atoms with van der Waals surface area (Å²) in [5.41, 5.74) is 2.04. The number of aromatic nitrogens is 2. The number of aryl methyl sites for hydroxylation is 1. The SMILES string of the molecule is Cc1nc2ccccc2n1[C@H]1CCN(S(=O)(=O)c2cccs2)C1. The molecule has 1 saturated heterocycles. The minimum absolute atomic E-state index is 0.136. The zero-order chi connectivity index (χ0) is 16.0. The van der Waals surface area contributed by atoms with Gasteiger partial charge in [0.2, 0.25) is 0 Å². The van der Waals surface area contributed by atoms with Gasteiger partial charge in [-0.05, 0) is 36.9 Å². The van der Waals surface area contributed by atoms with E-state index in [2.05, 4.69) is 9.55 Å². The van der Waals surface area contributed by atoms with E-state index in [4.69, 9.17) is 0 Å². The van der Waals surface area contributed by atoms with E-state index in [0.717, 1.165) is 23.3 Å². The van der Waals surface area contributed by atoms with Crippen molar-refractivity contribution in [3.8, 4) is 0 Å². The van der Waals surface area contributed by atoms with Gasteiger partial charge in [0.15, 0.2) is 0 Å². The highest BCUT2D eigenvalue weighted by molar-refractivity contribution is 7.91. The second-order valence-electron chi connectivity index (χ2n) is 5.76. The average Bonchev–Trinajstić information content (AvgIpc) is 3.26. The van der Waals surface area contributed by atoms with Crippen LogP contribution in [0.3, 0.4) is 0 Å². The second-order valence-corrected chi connectivity index (χ2v) is 8.87. The van der Waals surface area contributed by atoms with Gasteiger partial charge in [0.1, 0.15) is 10.0 Å². The van der Waals surface area contributed by atoms with Crippen LogP contribution < -0.4 is 0 Å². The molecule has 0 unspecified atom stereocenters. The second kappa shape index (κ2) is 5.43. The highest BCUT2D eigenvalue weighted by Crippen LogP contribution is 2.32. The predicted molar refractivity (Wildman–Crippen MR) is 91.2 cm³/mol. The quantitative estimate of drug-likeness (QED) is 0.732. The van der Waals surface area contributed by atoms with Crippen LogP contribution in [-0.2, 0) is 10.0 Å². The molecule has 3 heterocycles. The Labute approximate surface area is 139 Å². The van der Waals surface area contributed by atoms with E-state index in [-0.39, 0.29) is 6.04 Å². The van der Waals surface area contributed by atoms with Crippen LogP contribution in [0.15, 0.2) is 46.0 Å². The summed E-state index contributed by atoms with van der Waals surface area (Å²) < 4.78 is 29.5. The molecule has 0 saturated carbocycles. The lowest BCUT2D eigenvalue weighted by Gasteiger charge is -2.17. The highest BCUT2D eigenvalue weighted by Gasteiger charge is 2.34. The van der Waals surface area contributed by atoms with Crippen LogP contribution >= 0.6 is 11.3 Å². The van der Waals surface area contributed by atoms with Crippen molar-refractivity contribution in [1.82, 2.24) is 13.9 Å². The Morgan fingerprint density at radius 2 is 2.04 bits per heavy atom. The number of nitrogens with zero attached hydrogens (tertiary/aromatic N) is 3. The molecule has 2 aromatic heterocycles. The minimum atomic E-state index is -3.37. The molecule has 0 spiro atoms. The normalized spacial score (nSPS) is 19.6. The Morgan fingerprint density at radius 1 is 1.22 bits per heavy atom. The lowest BCUT2D eigenvalue weighted by atomic mass is 10.2. The highest BCUT2D eigenvalue weighted by atomic mass is 32.2. The fraction of sp³-hybridized carbons (Fsp3) is 0.312. The fourth-order valence-corrected chi connectivity index (χ4v) is 5.94. The van der Waals surface area contributed by atoms with Crippen LogP contribution in [-0.4, -0.2) is 35.4 Å². The van der Waals surface area contributed by atoms with E-state index in [1.165, 1.54) is 11.3 Å². The lowest BCUT2D eigenvalue weighted by Crippen LogP contribution is -2.28. The van der Waals surface area contributed by atoms with Crippen molar-refractivity contribution >= 4 is 32.4 Å². The van der Waals surface area contributed by atoms with Gasteiger partial charge >= 0.3 is 0 Å². The number of benzene rings is 1. The van der Waals surface area contributed by atoms with Gasteiger partial charge in [0, 0.05) is 13.1 Å². The maximum absolute atomic E-state index is 12.7. The Bertz CT molecular complexity index is 945. The Kier molecular flexibility index (Phi) is 3.51. The molecule has 0 N–H and O–H groups in total. The van der Waals surface area contributed by atoms with Crippen molar-refractivity contribution in [3.05, 3.63) is 47.6 Å². The number of imidazole rings is 1. The molecule has 120 valence electrons. The maximum Gasteiger partial charge on any atom is 0.252 e. The molecule has 3 aromatic rings. The number of para-hydroxylation sites is 2. The van der Waals surface area contributed by atoms with Crippen LogP contribution in [0, 0.1) is 6.92 Å². The van der Waals surface area contributed by atoms with Crippen molar-refractivity contribution in [2.45, 2.75) is 23.6 Å². The molecule has 23 heavy (non-hydrogen) atoms. The number of hydrogen-bond acceptors (Lipinski definition) is 4. The van der Waals surface area contributed by atoms with E-state index in [1.54, 1.807) is 21.8 Å². The number of sulfonamides is 1. The number of fused-ring (bicyclic) bond motifs is 1. The van der Waals surface area contributed by atoms with Crippen LogP contribution in [0.1, 0.15) is 18.3 Å². The molecule has 4 rings (SSSR count). The molecule has 1 aliphatic heterocycles. The Balaban J connectivity index is 1.67. The molecule has 1 atom stereocenters. The largest absolute Gasteiger partial charge is 0.324 e. The summed E-state index contributed by atoms with van der Waals surface area (Å²) in [4.78, 5) is 4.59. The smallest absolute Gasteiger partial charge is 0.252 e. The van der Waals surface area contributed by atoms with E-state index >= 15 is 0 Å². The summed E-state index contributed by atoms with van der Waals surface area (Å²) in [7, 11) is -3.37. The van der Waals surface area contributed by atoms with Crippen LogP contribution in [0.2, 0.25) is 0 Å². The third-order valence-electron chi connectivity index (χ3n) is 4.35. The van der Waals surface area contributed by atoms with Crippen molar-refractivity contribution < 1.29 is 8.42 Å². The minimum Gasteiger partial charge on any atom is -0.324 e. The van der Waals surface area contributed by atoms with Crippen molar-refractivity contribution in [3.63, 3.8) is 0 Å². The predicted octanol–water partition coefficient (Wildman–Crippen LogP) is 3.04. The van der Waals surface area contributed by atoms with Gasteiger partial charge in [-0.2, -0.15) is 4.31 Å². The monoisotopic (exact) mass is 347 g/mol. The molecule has 0 radical (unpaired) electrons. The summed E-state index contributed by atoms with van der Waals surface area (Å²) in [5, 5.41) is 1.80. The number of hydrogen-bond donors (Lipinski definition) is 0. The maximum atomic E-state index is 12.7. The summed E-state index contributed by atoms with van der Waals surface area (Å²) >= 11 is 1.27. The third-order valence-corrected chi connectivity index (χ3v) is 7.59. The molecular weight excluding hydrogens is 330 g/mol.